The molecule has 0 saturated carbocycles. The molecule has 4 rings (SSSR count). The molecule has 0 N–H and O–H groups in total. The number of furan rings is 1. The summed E-state index contributed by atoms with van der Waals surface area (Å²) in [6.45, 7) is 4.25. The summed E-state index contributed by atoms with van der Waals surface area (Å²) < 4.78 is 25.0. The first kappa shape index (κ1) is 15.8. The van der Waals surface area contributed by atoms with Crippen molar-refractivity contribution in [3.05, 3.63) is 71.6 Å². The zero-order chi connectivity index (χ0) is 17.2. The van der Waals surface area contributed by atoms with Crippen molar-refractivity contribution < 1.29 is 13.2 Å². The van der Waals surface area contributed by atoms with E-state index in [2.05, 4.69) is 16.0 Å². The van der Waals surface area contributed by atoms with Crippen molar-refractivity contribution in [1.82, 2.24) is 9.88 Å². The maximum atomic E-state index is 13.9. The predicted molar refractivity (Wildman–Crippen MR) is 93.2 cm³/mol. The number of hydrogen-bond donors (Lipinski definition) is 0. The molecule has 0 aliphatic carbocycles. The predicted octanol–water partition coefficient (Wildman–Crippen LogP) is 4.67. The normalized spacial score (nSPS) is 15.4. The summed E-state index contributed by atoms with van der Waals surface area (Å²) in [5.41, 5.74) is 2.69. The molecule has 0 radical (unpaired) electrons. The van der Waals surface area contributed by atoms with E-state index in [1.807, 2.05) is 31.2 Å². The van der Waals surface area contributed by atoms with Gasteiger partial charge in [0.2, 0.25) is 0 Å². The van der Waals surface area contributed by atoms with Crippen molar-refractivity contribution in [2.24, 2.45) is 0 Å². The van der Waals surface area contributed by atoms with Gasteiger partial charge in [-0.2, -0.15) is 0 Å². The highest BCUT2D eigenvalue weighted by molar-refractivity contribution is 5.67. The molecule has 0 bridgehead atoms. The van der Waals surface area contributed by atoms with E-state index in [9.17, 15) is 4.39 Å². The fourth-order valence-electron chi connectivity index (χ4n) is 3.11. The first-order valence-electron chi connectivity index (χ1n) is 8.37. The van der Waals surface area contributed by atoms with E-state index in [1.165, 1.54) is 6.07 Å². The van der Waals surface area contributed by atoms with Gasteiger partial charge in [-0.25, -0.2) is 9.37 Å². The molecule has 1 aliphatic rings. The van der Waals surface area contributed by atoms with Gasteiger partial charge in [0.15, 0.2) is 5.76 Å². The number of aromatic nitrogens is 1. The number of rotatable bonds is 4. The molecule has 25 heavy (non-hydrogen) atoms. The molecular weight excluding hydrogens is 319 g/mol. The van der Waals surface area contributed by atoms with Gasteiger partial charge in [0, 0.05) is 25.2 Å². The third-order valence-electron chi connectivity index (χ3n) is 4.51. The highest BCUT2D eigenvalue weighted by Gasteiger charge is 2.19. The van der Waals surface area contributed by atoms with E-state index < -0.39 is 0 Å². The molecule has 4 nitrogen and oxygen atoms in total. The van der Waals surface area contributed by atoms with Crippen LogP contribution < -0.4 is 0 Å². The summed E-state index contributed by atoms with van der Waals surface area (Å²) in [5, 5.41) is 0. The molecule has 3 heterocycles. The van der Waals surface area contributed by atoms with Crippen LogP contribution in [-0.2, 0) is 6.54 Å². The van der Waals surface area contributed by atoms with Gasteiger partial charge in [0.05, 0.1) is 12.0 Å². The zero-order valence-corrected chi connectivity index (χ0v) is 14.0. The van der Waals surface area contributed by atoms with Crippen molar-refractivity contribution >= 4 is 5.57 Å². The Kier molecular flexibility index (Phi) is 4.24. The van der Waals surface area contributed by atoms with E-state index in [0.29, 0.717) is 23.8 Å². The molecular formula is C20H19FN2O2. The molecule has 3 aromatic rings. The molecule has 2 aromatic heterocycles. The molecule has 0 amide bonds. The van der Waals surface area contributed by atoms with Gasteiger partial charge < -0.3 is 8.83 Å². The number of oxazole rings is 1. The second-order valence-corrected chi connectivity index (χ2v) is 6.19. The van der Waals surface area contributed by atoms with Crippen LogP contribution in [0.4, 0.5) is 4.39 Å². The van der Waals surface area contributed by atoms with Gasteiger partial charge >= 0.3 is 0 Å². The van der Waals surface area contributed by atoms with Crippen LogP contribution in [0, 0.1) is 12.7 Å². The lowest BCUT2D eigenvalue weighted by Crippen LogP contribution is -2.28. The summed E-state index contributed by atoms with van der Waals surface area (Å²) in [4.78, 5) is 6.83. The monoisotopic (exact) mass is 338 g/mol. The highest BCUT2D eigenvalue weighted by Crippen LogP contribution is 2.27. The number of hydrogen-bond acceptors (Lipinski definition) is 4. The average molecular weight is 338 g/mol. The quantitative estimate of drug-likeness (QED) is 0.693. The minimum absolute atomic E-state index is 0.155. The molecule has 128 valence electrons. The Hall–Kier alpha value is -2.66. The topological polar surface area (TPSA) is 42.4 Å². The summed E-state index contributed by atoms with van der Waals surface area (Å²) in [7, 11) is 0. The first-order chi connectivity index (χ1) is 12.2. The van der Waals surface area contributed by atoms with Crippen LogP contribution >= 0.6 is 0 Å². The van der Waals surface area contributed by atoms with E-state index in [4.69, 9.17) is 8.83 Å². The molecule has 0 fully saturated rings. The molecule has 0 spiro atoms. The number of benzene rings is 1. The van der Waals surface area contributed by atoms with Crippen molar-refractivity contribution in [2.75, 3.05) is 13.1 Å². The lowest BCUT2D eigenvalue weighted by molar-refractivity contribution is 0.289. The van der Waals surface area contributed by atoms with Crippen LogP contribution in [0.5, 0.6) is 0 Å². The average Bonchev–Trinajstić information content (AvgIpc) is 3.27. The van der Waals surface area contributed by atoms with Crippen LogP contribution in [0.25, 0.3) is 17.2 Å². The number of halogens is 1. The summed E-state index contributed by atoms with van der Waals surface area (Å²) >= 11 is 0. The van der Waals surface area contributed by atoms with Gasteiger partial charge in [-0.1, -0.05) is 24.3 Å². The minimum Gasteiger partial charge on any atom is -0.459 e. The standard InChI is InChI=1S/C20H19FN2O2/c1-14-18(22-20(25-14)19-7-4-12-24-19)13-23-10-8-15(9-11-23)16-5-2-3-6-17(16)21/h2-8,12H,9-11,13H2,1H3. The fourth-order valence-corrected chi connectivity index (χ4v) is 3.11. The molecule has 0 atom stereocenters. The lowest BCUT2D eigenvalue weighted by Gasteiger charge is -2.25. The molecule has 0 saturated heterocycles. The Labute approximate surface area is 145 Å². The molecule has 0 unspecified atom stereocenters. The largest absolute Gasteiger partial charge is 0.459 e. The van der Waals surface area contributed by atoms with Crippen molar-refractivity contribution in [3.63, 3.8) is 0 Å². The van der Waals surface area contributed by atoms with Crippen LogP contribution in [0.2, 0.25) is 0 Å². The third kappa shape index (κ3) is 3.28. The maximum absolute atomic E-state index is 13.9. The molecule has 5 heteroatoms. The molecule has 1 aliphatic heterocycles. The minimum atomic E-state index is -0.155. The van der Waals surface area contributed by atoms with Crippen LogP contribution in [0.15, 0.2) is 57.6 Å². The Balaban J connectivity index is 1.46. The first-order valence-corrected chi connectivity index (χ1v) is 8.37. The Morgan fingerprint density at radius 3 is 2.80 bits per heavy atom. The second kappa shape index (κ2) is 6.69. The van der Waals surface area contributed by atoms with Gasteiger partial charge in [-0.3, -0.25) is 4.90 Å². The zero-order valence-electron chi connectivity index (χ0n) is 14.0. The number of nitrogens with zero attached hydrogens (tertiary/aromatic N) is 2. The lowest BCUT2D eigenvalue weighted by atomic mass is 9.99. The van der Waals surface area contributed by atoms with E-state index in [0.717, 1.165) is 36.5 Å². The Morgan fingerprint density at radius 2 is 2.08 bits per heavy atom. The summed E-state index contributed by atoms with van der Waals surface area (Å²) in [6, 6.07) is 10.6. The Bertz CT molecular complexity index is 896. The highest BCUT2D eigenvalue weighted by atomic mass is 19.1. The second-order valence-electron chi connectivity index (χ2n) is 6.19. The van der Waals surface area contributed by atoms with Crippen molar-refractivity contribution in [2.45, 2.75) is 19.9 Å². The van der Waals surface area contributed by atoms with Gasteiger partial charge in [0.1, 0.15) is 11.6 Å². The van der Waals surface area contributed by atoms with Gasteiger partial charge in [-0.15, -0.1) is 0 Å². The van der Waals surface area contributed by atoms with E-state index in [-0.39, 0.29) is 5.82 Å². The van der Waals surface area contributed by atoms with Crippen LogP contribution in [0.3, 0.4) is 0 Å². The number of aryl methyl sites for hydroxylation is 1. The SMILES string of the molecule is Cc1oc(-c2ccco2)nc1CN1CC=C(c2ccccc2F)CC1. The van der Waals surface area contributed by atoms with Crippen LogP contribution in [0.1, 0.15) is 23.4 Å². The van der Waals surface area contributed by atoms with E-state index >= 15 is 0 Å². The smallest absolute Gasteiger partial charge is 0.263 e. The Morgan fingerprint density at radius 1 is 1.20 bits per heavy atom. The fraction of sp³-hybridized carbons (Fsp3) is 0.250. The van der Waals surface area contributed by atoms with E-state index in [1.54, 1.807) is 12.3 Å². The third-order valence-corrected chi connectivity index (χ3v) is 4.51. The van der Waals surface area contributed by atoms with Gasteiger partial charge in [0.25, 0.3) is 5.89 Å². The van der Waals surface area contributed by atoms with Crippen LogP contribution in [-0.4, -0.2) is 23.0 Å². The van der Waals surface area contributed by atoms with Crippen molar-refractivity contribution in [3.8, 4) is 11.7 Å². The van der Waals surface area contributed by atoms with Gasteiger partial charge in [-0.05, 0) is 37.1 Å². The van der Waals surface area contributed by atoms with Crippen molar-refractivity contribution in [1.29, 1.82) is 0 Å². The summed E-state index contributed by atoms with van der Waals surface area (Å²) in [5.74, 6) is 1.79. The summed E-state index contributed by atoms with van der Waals surface area (Å²) in [6.07, 6.45) is 4.53. The molecule has 1 aromatic carbocycles. The maximum Gasteiger partial charge on any atom is 0.263 e.